The first-order chi connectivity index (χ1) is 4.86. The van der Waals surface area contributed by atoms with Crippen molar-refractivity contribution in [3.05, 3.63) is 10.1 Å². The maximum Gasteiger partial charge on any atom is 0.341 e. The Balaban J connectivity index is 0. The largest absolute Gasteiger partial charge is 0.370 e. The van der Waals surface area contributed by atoms with E-state index in [1.807, 2.05) is 0 Å². The molecule has 0 unspecified atom stereocenters. The van der Waals surface area contributed by atoms with E-state index in [0.29, 0.717) is 0 Å². The molecule has 9 nitrogen and oxygen atoms in total. The predicted molar refractivity (Wildman–Crippen MR) is 34.2 cm³/mol. The molecular weight excluding hydrogens is 158 g/mol. The fraction of sp³-hybridized carbons (Fsp3) is 0. The SMILES string of the molecule is NC(=O)N=C(N)N.O=[N+]([O-])O. The van der Waals surface area contributed by atoms with Gasteiger partial charge in [0.1, 0.15) is 0 Å². The van der Waals surface area contributed by atoms with Crippen molar-refractivity contribution in [3.8, 4) is 0 Å². The van der Waals surface area contributed by atoms with Crippen LogP contribution in [0.5, 0.6) is 0 Å². The van der Waals surface area contributed by atoms with Gasteiger partial charge in [-0.05, 0) is 0 Å². The quantitative estimate of drug-likeness (QED) is 0.140. The van der Waals surface area contributed by atoms with Gasteiger partial charge in [-0.15, -0.1) is 10.1 Å². The molecule has 2 amide bonds. The molecule has 0 atom stereocenters. The molecule has 0 aliphatic rings. The van der Waals surface area contributed by atoms with Gasteiger partial charge in [-0.3, -0.25) is 0 Å². The number of hydrogen-bond acceptors (Lipinski definition) is 3. The Hall–Kier alpha value is -2.06. The molecule has 64 valence electrons. The minimum absolute atomic E-state index is 0.312. The van der Waals surface area contributed by atoms with E-state index >= 15 is 0 Å². The lowest BCUT2D eigenvalue weighted by molar-refractivity contribution is -0.742. The van der Waals surface area contributed by atoms with E-state index in [1.54, 1.807) is 0 Å². The number of aliphatic imine (C=N–C) groups is 1. The van der Waals surface area contributed by atoms with E-state index in [9.17, 15) is 4.79 Å². The third-order valence-electron chi connectivity index (χ3n) is 0.239. The van der Waals surface area contributed by atoms with Gasteiger partial charge in [-0.25, -0.2) is 4.79 Å². The zero-order valence-corrected chi connectivity index (χ0v) is 5.30. The molecule has 0 spiro atoms. The van der Waals surface area contributed by atoms with Crippen LogP contribution in [0.4, 0.5) is 4.79 Å². The molecule has 0 aliphatic carbocycles. The first-order valence-electron chi connectivity index (χ1n) is 2.08. The van der Waals surface area contributed by atoms with Gasteiger partial charge >= 0.3 is 6.03 Å². The van der Waals surface area contributed by atoms with Crippen LogP contribution in [0.3, 0.4) is 0 Å². The van der Waals surface area contributed by atoms with Gasteiger partial charge in [0.25, 0.3) is 5.09 Å². The van der Waals surface area contributed by atoms with Crippen LogP contribution in [0.15, 0.2) is 4.99 Å². The van der Waals surface area contributed by atoms with E-state index in [1.165, 1.54) is 0 Å². The van der Waals surface area contributed by atoms with Crippen molar-refractivity contribution >= 4 is 12.0 Å². The molecule has 0 aromatic heterocycles. The summed E-state index contributed by atoms with van der Waals surface area (Å²) in [6.07, 6.45) is 0. The molecule has 9 heteroatoms. The van der Waals surface area contributed by atoms with Gasteiger partial charge in [0.2, 0.25) is 0 Å². The van der Waals surface area contributed by atoms with E-state index < -0.39 is 11.1 Å². The summed E-state index contributed by atoms with van der Waals surface area (Å²) in [5.74, 6) is -0.312. The number of guanidine groups is 1. The lowest BCUT2D eigenvalue weighted by atomic mass is 11.0. The van der Waals surface area contributed by atoms with Crippen molar-refractivity contribution in [2.45, 2.75) is 0 Å². The van der Waals surface area contributed by atoms with Crippen LogP contribution in [-0.4, -0.2) is 22.3 Å². The van der Waals surface area contributed by atoms with Gasteiger partial charge < -0.3 is 22.4 Å². The summed E-state index contributed by atoms with van der Waals surface area (Å²) >= 11 is 0. The highest BCUT2D eigenvalue weighted by molar-refractivity contribution is 5.89. The predicted octanol–water partition coefficient (Wildman–Crippen LogP) is -2.01. The van der Waals surface area contributed by atoms with Crippen LogP contribution >= 0.6 is 0 Å². The molecule has 0 aromatic carbocycles. The van der Waals surface area contributed by atoms with Crippen LogP contribution in [-0.2, 0) is 0 Å². The summed E-state index contributed by atoms with van der Waals surface area (Å²) in [6.45, 7) is 0. The van der Waals surface area contributed by atoms with Gasteiger partial charge in [0.15, 0.2) is 5.96 Å². The highest BCUT2D eigenvalue weighted by Gasteiger charge is 1.83. The molecular formula is C2H7N5O4. The van der Waals surface area contributed by atoms with Crippen LogP contribution < -0.4 is 17.2 Å². The lowest BCUT2D eigenvalue weighted by Crippen LogP contribution is -2.25. The summed E-state index contributed by atoms with van der Waals surface area (Å²) in [5.41, 5.74) is 13.9. The Morgan fingerprint density at radius 1 is 1.45 bits per heavy atom. The first kappa shape index (κ1) is 11.7. The number of primary amides is 1. The zero-order chi connectivity index (χ0) is 9.44. The van der Waals surface area contributed by atoms with Gasteiger partial charge in [0, 0.05) is 0 Å². The van der Waals surface area contributed by atoms with Gasteiger partial charge in [-0.2, -0.15) is 4.99 Å². The average Bonchev–Trinajstić information content (AvgIpc) is 1.56. The van der Waals surface area contributed by atoms with Crippen molar-refractivity contribution in [2.75, 3.05) is 0 Å². The molecule has 0 radical (unpaired) electrons. The molecule has 0 rings (SSSR count). The normalized spacial score (nSPS) is 6.91. The van der Waals surface area contributed by atoms with Gasteiger partial charge in [0.05, 0.1) is 0 Å². The molecule has 0 heterocycles. The van der Waals surface area contributed by atoms with E-state index in [2.05, 4.69) is 10.7 Å². The fourth-order valence-corrected chi connectivity index (χ4v) is 0.127. The van der Waals surface area contributed by atoms with E-state index in [-0.39, 0.29) is 5.96 Å². The monoisotopic (exact) mass is 165 g/mol. The summed E-state index contributed by atoms with van der Waals surface area (Å²) in [7, 11) is 0. The second-order valence-electron chi connectivity index (χ2n) is 1.11. The number of hydrogen-bond donors (Lipinski definition) is 4. The van der Waals surface area contributed by atoms with Crippen molar-refractivity contribution < 1.29 is 15.1 Å². The highest BCUT2D eigenvalue weighted by Crippen LogP contribution is 1.60. The third-order valence-corrected chi connectivity index (χ3v) is 0.239. The Morgan fingerprint density at radius 2 is 1.73 bits per heavy atom. The Morgan fingerprint density at radius 3 is 1.73 bits per heavy atom. The lowest BCUT2D eigenvalue weighted by Gasteiger charge is -1.82. The van der Waals surface area contributed by atoms with Crippen LogP contribution in [0.2, 0.25) is 0 Å². The van der Waals surface area contributed by atoms with Gasteiger partial charge in [-0.1, -0.05) is 0 Å². The van der Waals surface area contributed by atoms with Crippen molar-refractivity contribution in [3.63, 3.8) is 0 Å². The number of nitrogens with two attached hydrogens (primary N) is 3. The standard InChI is InChI=1S/C2H6N4O.HNO3/c3-1(4)6-2(5)7;2-1(3)4/h(H6,3,4,5,6,7);(H,2,3,4). The number of urea groups is 1. The topological polar surface area (TPSA) is 171 Å². The Bertz CT molecular complexity index is 167. The van der Waals surface area contributed by atoms with Crippen LogP contribution in [0, 0.1) is 10.1 Å². The molecule has 0 bridgehead atoms. The number of amides is 2. The molecule has 0 fully saturated rings. The minimum atomic E-state index is -1.50. The molecule has 0 saturated heterocycles. The van der Waals surface area contributed by atoms with Crippen molar-refractivity contribution in [2.24, 2.45) is 22.2 Å². The maximum atomic E-state index is 9.68. The average molecular weight is 165 g/mol. The highest BCUT2D eigenvalue weighted by atomic mass is 16.9. The van der Waals surface area contributed by atoms with Crippen molar-refractivity contribution in [1.82, 2.24) is 0 Å². The number of carbonyl (C=O) groups is 1. The minimum Gasteiger partial charge on any atom is -0.370 e. The van der Waals surface area contributed by atoms with E-state index in [4.69, 9.17) is 26.8 Å². The zero-order valence-electron chi connectivity index (χ0n) is 5.30. The molecule has 0 aliphatic heterocycles. The third kappa shape index (κ3) is 74.4. The summed E-state index contributed by atoms with van der Waals surface area (Å²) < 4.78 is 0. The molecule has 0 aromatic rings. The van der Waals surface area contributed by atoms with Crippen LogP contribution in [0.25, 0.3) is 0 Å². The maximum absolute atomic E-state index is 9.68. The molecule has 11 heavy (non-hydrogen) atoms. The second kappa shape index (κ2) is 6.07. The number of rotatable bonds is 0. The molecule has 7 N–H and O–H groups in total. The first-order valence-corrected chi connectivity index (χ1v) is 2.08. The van der Waals surface area contributed by atoms with Crippen molar-refractivity contribution in [1.29, 1.82) is 0 Å². The second-order valence-corrected chi connectivity index (χ2v) is 1.11. The number of nitrogens with zero attached hydrogens (tertiary/aromatic N) is 2. The Labute approximate surface area is 60.6 Å². The molecule has 0 saturated carbocycles. The van der Waals surface area contributed by atoms with Crippen LogP contribution in [0.1, 0.15) is 0 Å². The Kier molecular flexibility index (Phi) is 6.45. The van der Waals surface area contributed by atoms with E-state index in [0.717, 1.165) is 0 Å². The summed E-state index contributed by atoms with van der Waals surface area (Å²) in [5, 5.41) is 13.6. The fourth-order valence-electron chi connectivity index (χ4n) is 0.127. The summed E-state index contributed by atoms with van der Waals surface area (Å²) in [6, 6.07) is -0.875. The smallest absolute Gasteiger partial charge is 0.341 e. The number of carbonyl (C=O) groups excluding carboxylic acids is 1. The summed E-state index contributed by atoms with van der Waals surface area (Å²) in [4.78, 5) is 20.9.